The number of thiophene rings is 1. The van der Waals surface area contributed by atoms with Crippen LogP contribution in [0.3, 0.4) is 0 Å². The predicted octanol–water partition coefficient (Wildman–Crippen LogP) is 8.55. The maximum Gasteiger partial charge on any atom is 0.339 e. The topological polar surface area (TPSA) is 75.1 Å². The lowest BCUT2D eigenvalue weighted by atomic mass is 10.1. The Morgan fingerprint density at radius 3 is 2.48 bits per heavy atom. The number of carboxylic acids is 1. The lowest BCUT2D eigenvalue weighted by molar-refractivity contribution is 0.0697. The van der Waals surface area contributed by atoms with E-state index in [0.29, 0.717) is 15.2 Å². The molecule has 0 spiro atoms. The second kappa shape index (κ2) is 11.4. The van der Waals surface area contributed by atoms with Gasteiger partial charge in [0.25, 0.3) is 0 Å². The number of aromatic nitrogens is 2. The minimum atomic E-state index is -1.06. The van der Waals surface area contributed by atoms with Gasteiger partial charge in [0, 0.05) is 16.6 Å². The molecule has 0 bridgehead atoms. The van der Waals surface area contributed by atoms with Crippen molar-refractivity contribution in [3.05, 3.63) is 69.3 Å². The number of halogens is 2. The zero-order valence-corrected chi connectivity index (χ0v) is 21.2. The number of hydrogen-bond acceptors (Lipinski definition) is 6. The summed E-state index contributed by atoms with van der Waals surface area (Å²) < 4.78 is 0. The third kappa shape index (κ3) is 5.88. The van der Waals surface area contributed by atoms with Gasteiger partial charge in [-0.05, 0) is 41.1 Å². The van der Waals surface area contributed by atoms with E-state index in [-0.39, 0.29) is 38.2 Å². The number of aromatic carboxylic acids is 1. The Morgan fingerprint density at radius 2 is 1.88 bits per heavy atom. The second-order valence-corrected chi connectivity index (χ2v) is 9.81. The van der Waals surface area contributed by atoms with Crippen LogP contribution in [0.15, 0.2) is 48.0 Å². The average Bonchev–Trinajstić information content (AvgIpc) is 3.40. The minimum Gasteiger partial charge on any atom is -0.478 e. The van der Waals surface area contributed by atoms with Gasteiger partial charge in [-0.3, -0.25) is 0 Å². The Balaban J connectivity index is 0.00000193. The summed E-state index contributed by atoms with van der Waals surface area (Å²) >= 11 is 15.2. The van der Waals surface area contributed by atoms with E-state index in [0.717, 1.165) is 26.6 Å². The van der Waals surface area contributed by atoms with Crippen molar-refractivity contribution < 1.29 is 9.90 Å². The first-order valence-corrected chi connectivity index (χ1v) is 11.8. The molecule has 0 unspecified atom stereocenters. The van der Waals surface area contributed by atoms with Crippen LogP contribution in [0.2, 0.25) is 10.0 Å². The molecule has 0 radical (unpaired) electrons. The number of pyridine rings is 1. The number of thiazole rings is 1. The normalized spacial score (nSPS) is 10.5. The molecule has 4 rings (SSSR count). The van der Waals surface area contributed by atoms with Gasteiger partial charge in [-0.25, -0.2) is 14.8 Å². The maximum absolute atomic E-state index is 11.9. The average molecular weight is 541 g/mol. The molecule has 0 fully saturated rings. The highest BCUT2D eigenvalue weighted by atomic mass is 35.5. The molecular formula is C23H23Cl2N3O2S3. The van der Waals surface area contributed by atoms with Crippen LogP contribution in [0.4, 0.5) is 10.9 Å². The molecule has 0 aliphatic heterocycles. The molecule has 3 aromatic heterocycles. The summed E-state index contributed by atoms with van der Waals surface area (Å²) in [6, 6.07) is 10.9. The molecule has 0 saturated carbocycles. The Labute approximate surface area is 217 Å². The van der Waals surface area contributed by atoms with Crippen LogP contribution in [0.1, 0.15) is 43.2 Å². The van der Waals surface area contributed by atoms with E-state index in [1.54, 1.807) is 18.3 Å². The van der Waals surface area contributed by atoms with Gasteiger partial charge in [0.2, 0.25) is 0 Å². The van der Waals surface area contributed by atoms with Crippen molar-refractivity contribution in [1.29, 1.82) is 0 Å². The zero-order valence-electron chi connectivity index (χ0n) is 17.0. The number of rotatable bonds is 6. The van der Waals surface area contributed by atoms with Crippen molar-refractivity contribution in [2.75, 3.05) is 5.32 Å². The van der Waals surface area contributed by atoms with Gasteiger partial charge < -0.3 is 10.4 Å². The highest BCUT2D eigenvalue weighted by molar-refractivity contribution is 7.59. The third-order valence-electron chi connectivity index (χ3n) is 4.53. The smallest absolute Gasteiger partial charge is 0.339 e. The van der Waals surface area contributed by atoms with Gasteiger partial charge >= 0.3 is 5.97 Å². The first-order valence-electron chi connectivity index (χ1n) is 9.34. The number of anilines is 2. The molecule has 0 saturated heterocycles. The summed E-state index contributed by atoms with van der Waals surface area (Å²) in [6.45, 7) is 4.10. The molecular weight excluding hydrogens is 517 g/mol. The van der Waals surface area contributed by atoms with E-state index < -0.39 is 5.97 Å². The van der Waals surface area contributed by atoms with Crippen LogP contribution in [0.25, 0.3) is 20.9 Å². The van der Waals surface area contributed by atoms with Crippen LogP contribution < -0.4 is 5.32 Å². The molecule has 2 N–H and O–H groups in total. The molecule has 10 heteroatoms. The monoisotopic (exact) mass is 539 g/mol. The fourth-order valence-corrected chi connectivity index (χ4v) is 5.15. The molecule has 0 amide bonds. The lowest BCUT2D eigenvalue weighted by Gasteiger charge is -2.08. The van der Waals surface area contributed by atoms with Crippen molar-refractivity contribution in [2.45, 2.75) is 27.2 Å². The van der Waals surface area contributed by atoms with Crippen LogP contribution in [0.5, 0.6) is 0 Å². The second-order valence-electron chi connectivity index (χ2n) is 7.04. The van der Waals surface area contributed by atoms with E-state index in [2.05, 4.69) is 24.1 Å². The van der Waals surface area contributed by atoms with Crippen LogP contribution in [-0.2, 0) is 0 Å². The predicted molar refractivity (Wildman–Crippen MR) is 147 cm³/mol. The number of benzene rings is 1. The van der Waals surface area contributed by atoms with E-state index in [1.807, 2.05) is 29.6 Å². The minimum absolute atomic E-state index is 0. The molecule has 3 heterocycles. The Morgan fingerprint density at radius 1 is 1.12 bits per heavy atom. The largest absolute Gasteiger partial charge is 0.478 e. The van der Waals surface area contributed by atoms with Crippen molar-refractivity contribution in [3.8, 4) is 20.9 Å². The van der Waals surface area contributed by atoms with Gasteiger partial charge in [-0.1, -0.05) is 67.9 Å². The molecule has 1 aromatic carbocycles. The van der Waals surface area contributed by atoms with Crippen molar-refractivity contribution in [2.24, 2.45) is 0 Å². The van der Waals surface area contributed by atoms with E-state index in [9.17, 15) is 9.90 Å². The summed E-state index contributed by atoms with van der Waals surface area (Å²) in [5.41, 5.74) is 2.64. The summed E-state index contributed by atoms with van der Waals surface area (Å²) in [7, 11) is 0. The zero-order chi connectivity index (χ0) is 22.1. The Bertz CT molecular complexity index is 1260. The molecule has 0 atom stereocenters. The molecule has 33 heavy (non-hydrogen) atoms. The quantitative estimate of drug-likeness (QED) is 0.256. The summed E-state index contributed by atoms with van der Waals surface area (Å²) in [6.07, 6.45) is 1.66. The van der Waals surface area contributed by atoms with E-state index >= 15 is 0 Å². The third-order valence-corrected chi connectivity index (χ3v) is 7.22. The van der Waals surface area contributed by atoms with Crippen molar-refractivity contribution >= 4 is 76.3 Å². The first kappa shape index (κ1) is 27.1. The van der Waals surface area contributed by atoms with Crippen LogP contribution in [0, 0.1) is 0 Å². The molecule has 174 valence electrons. The maximum atomic E-state index is 11.9. The summed E-state index contributed by atoms with van der Waals surface area (Å²) in [4.78, 5) is 22.9. The highest BCUT2D eigenvalue weighted by Gasteiger charge is 2.20. The fourth-order valence-electron chi connectivity index (χ4n) is 3.03. The number of hydrogen-bond donors (Lipinski definition) is 2. The fraction of sp³-hybridized carbons (Fsp3) is 0.174. The summed E-state index contributed by atoms with van der Waals surface area (Å²) in [5.74, 6) is -0.652. The molecule has 5 nitrogen and oxygen atoms in total. The van der Waals surface area contributed by atoms with Gasteiger partial charge in [0.1, 0.15) is 11.4 Å². The van der Waals surface area contributed by atoms with Gasteiger partial charge in [-0.15, -0.1) is 11.3 Å². The Kier molecular flexibility index (Phi) is 9.34. The first-order chi connectivity index (χ1) is 14.8. The number of nitrogens with zero attached hydrogens (tertiary/aromatic N) is 2. The number of nitrogens with one attached hydrogen (secondary N) is 1. The summed E-state index contributed by atoms with van der Waals surface area (Å²) in [5, 5.41) is 16.3. The van der Waals surface area contributed by atoms with Crippen LogP contribution in [-0.4, -0.2) is 21.0 Å². The SMILES string of the molecule is C.CC(C)c1nc(Nc2ncc(-c3cccs3)cc2C(=O)O)sc1-c1ccc(Cl)c(Cl)c1.S. The number of carbonyl (C=O) groups is 1. The standard InChI is InChI=1S/C22H17Cl2N3O2S2.CH4.H2S/c1-11(2)18-19(12-5-6-15(23)16(24)9-12)31-22(26-18)27-20-14(21(28)29)8-13(10-25-20)17-4-3-7-30-17;;/h3-11H,1-2H3,(H,28,29)(H,25,26,27);1H4;1H2. The van der Waals surface area contributed by atoms with Crippen molar-refractivity contribution in [1.82, 2.24) is 9.97 Å². The highest BCUT2D eigenvalue weighted by Crippen LogP contribution is 2.40. The van der Waals surface area contributed by atoms with Crippen molar-refractivity contribution in [3.63, 3.8) is 0 Å². The van der Waals surface area contributed by atoms with E-state index in [4.69, 9.17) is 28.2 Å². The Hall–Kier alpha value is -2.10. The van der Waals surface area contributed by atoms with Gasteiger partial charge in [0.15, 0.2) is 5.13 Å². The molecule has 4 aromatic rings. The van der Waals surface area contributed by atoms with Gasteiger partial charge in [-0.2, -0.15) is 13.5 Å². The van der Waals surface area contributed by atoms with Crippen LogP contribution >= 0.6 is 59.4 Å². The molecule has 0 aliphatic carbocycles. The van der Waals surface area contributed by atoms with E-state index in [1.165, 1.54) is 22.7 Å². The number of carboxylic acid groups (broad SMARTS) is 1. The van der Waals surface area contributed by atoms with Gasteiger partial charge in [0.05, 0.1) is 20.6 Å². The lowest BCUT2D eigenvalue weighted by Crippen LogP contribution is -2.05. The molecule has 0 aliphatic rings.